The lowest BCUT2D eigenvalue weighted by Gasteiger charge is -2.06. The molecule has 0 aliphatic carbocycles. The molecule has 0 spiro atoms. The van der Waals surface area contributed by atoms with E-state index in [2.05, 4.69) is 19.2 Å². The van der Waals surface area contributed by atoms with E-state index in [0.717, 1.165) is 32.8 Å². The highest BCUT2D eigenvalue weighted by Gasteiger charge is 1.95. The maximum absolute atomic E-state index is 5.61. The molecule has 0 saturated heterocycles. The fourth-order valence-corrected chi connectivity index (χ4v) is 3.77. The van der Waals surface area contributed by atoms with Crippen molar-refractivity contribution in [3.05, 3.63) is 0 Å². The van der Waals surface area contributed by atoms with Gasteiger partial charge < -0.3 is 14.8 Å². The topological polar surface area (TPSA) is 30.5 Å². The van der Waals surface area contributed by atoms with Crippen LogP contribution in [0.1, 0.15) is 136 Å². The van der Waals surface area contributed by atoms with E-state index in [1.165, 1.54) is 129 Å². The smallest absolute Gasteiger partial charge is 0.0700 e. The van der Waals surface area contributed by atoms with Crippen LogP contribution in [0.2, 0.25) is 0 Å². The highest BCUT2D eigenvalue weighted by atomic mass is 16.5. The zero-order valence-corrected chi connectivity index (χ0v) is 21.0. The van der Waals surface area contributed by atoms with E-state index in [4.69, 9.17) is 9.47 Å². The van der Waals surface area contributed by atoms with Gasteiger partial charge in [-0.1, -0.05) is 110 Å². The third-order valence-corrected chi connectivity index (χ3v) is 5.86. The van der Waals surface area contributed by atoms with Gasteiger partial charge in [-0.15, -0.1) is 0 Å². The molecule has 0 fully saturated rings. The van der Waals surface area contributed by atoms with E-state index in [-0.39, 0.29) is 0 Å². The Kier molecular flexibility index (Phi) is 28.8. The van der Waals surface area contributed by atoms with Gasteiger partial charge >= 0.3 is 0 Å². The molecule has 0 aromatic heterocycles. The molecular formula is C27H57NO2. The largest absolute Gasteiger partial charge is 0.379 e. The quantitative estimate of drug-likeness (QED) is 0.134. The summed E-state index contributed by atoms with van der Waals surface area (Å²) >= 11 is 0. The minimum Gasteiger partial charge on any atom is -0.379 e. The average Bonchev–Trinajstić information content (AvgIpc) is 2.76. The summed E-state index contributed by atoms with van der Waals surface area (Å²) in [7, 11) is 0. The lowest BCUT2D eigenvalue weighted by Crippen LogP contribution is -2.16. The summed E-state index contributed by atoms with van der Waals surface area (Å²) in [6, 6.07) is 0. The van der Waals surface area contributed by atoms with Crippen LogP contribution in [0.15, 0.2) is 0 Å². The first-order valence-corrected chi connectivity index (χ1v) is 13.8. The Morgan fingerprint density at radius 2 is 0.733 bits per heavy atom. The first kappa shape index (κ1) is 29.9. The van der Waals surface area contributed by atoms with Crippen molar-refractivity contribution in [1.29, 1.82) is 0 Å². The van der Waals surface area contributed by atoms with Gasteiger partial charge in [-0.25, -0.2) is 0 Å². The van der Waals surface area contributed by atoms with Crippen LogP contribution in [-0.4, -0.2) is 39.5 Å². The molecule has 0 aliphatic heterocycles. The molecule has 0 rings (SSSR count). The van der Waals surface area contributed by atoms with Crippen molar-refractivity contribution in [2.45, 2.75) is 136 Å². The predicted octanol–water partition coefficient (Wildman–Crippen LogP) is 8.06. The Morgan fingerprint density at radius 3 is 1.20 bits per heavy atom. The second-order valence-electron chi connectivity index (χ2n) is 8.99. The normalized spacial score (nSPS) is 11.4. The molecule has 0 bridgehead atoms. The zero-order valence-electron chi connectivity index (χ0n) is 21.0. The molecule has 182 valence electrons. The number of ether oxygens (including phenoxy) is 2. The average molecular weight is 428 g/mol. The monoisotopic (exact) mass is 427 g/mol. The van der Waals surface area contributed by atoms with Crippen LogP contribution in [0.3, 0.4) is 0 Å². The molecule has 3 nitrogen and oxygen atoms in total. The van der Waals surface area contributed by atoms with Crippen LogP contribution in [0.25, 0.3) is 0 Å². The SMILES string of the molecule is CCCCCCCCCCCCCCNCCCCCCCOCCOCCCC. The minimum absolute atomic E-state index is 0.755. The molecule has 0 unspecified atom stereocenters. The lowest BCUT2D eigenvalue weighted by atomic mass is 10.1. The van der Waals surface area contributed by atoms with Gasteiger partial charge in [-0.2, -0.15) is 0 Å². The van der Waals surface area contributed by atoms with Crippen LogP contribution in [0.4, 0.5) is 0 Å². The van der Waals surface area contributed by atoms with Gasteiger partial charge in [0.2, 0.25) is 0 Å². The van der Waals surface area contributed by atoms with E-state index in [0.29, 0.717) is 0 Å². The molecule has 0 aromatic carbocycles. The van der Waals surface area contributed by atoms with Gasteiger partial charge in [-0.05, 0) is 38.8 Å². The number of hydrogen-bond donors (Lipinski definition) is 1. The highest BCUT2D eigenvalue weighted by Crippen LogP contribution is 2.11. The summed E-state index contributed by atoms with van der Waals surface area (Å²) in [5, 5.41) is 3.62. The number of nitrogens with one attached hydrogen (secondary N) is 1. The summed E-state index contributed by atoms with van der Waals surface area (Å²) in [6.07, 6.45) is 26.1. The van der Waals surface area contributed by atoms with Crippen LogP contribution in [0, 0.1) is 0 Å². The van der Waals surface area contributed by atoms with E-state index in [9.17, 15) is 0 Å². The summed E-state index contributed by atoms with van der Waals surface area (Å²) < 4.78 is 11.1. The van der Waals surface area contributed by atoms with Gasteiger partial charge in [0.1, 0.15) is 0 Å². The van der Waals surface area contributed by atoms with Crippen molar-refractivity contribution in [3.63, 3.8) is 0 Å². The summed E-state index contributed by atoms with van der Waals surface area (Å²) in [5.74, 6) is 0. The standard InChI is InChI=1S/C27H57NO2/c1-3-5-7-8-9-10-11-12-13-14-16-19-22-28-23-20-17-15-18-21-25-30-27-26-29-24-6-4-2/h28H,3-27H2,1-2H3. The third-order valence-electron chi connectivity index (χ3n) is 5.86. The molecule has 1 N–H and O–H groups in total. The van der Waals surface area contributed by atoms with Crippen molar-refractivity contribution in [2.24, 2.45) is 0 Å². The second kappa shape index (κ2) is 28.9. The molecule has 0 heterocycles. The van der Waals surface area contributed by atoms with Crippen LogP contribution >= 0.6 is 0 Å². The molecule has 0 atom stereocenters. The number of unbranched alkanes of at least 4 members (excludes halogenated alkanes) is 16. The first-order chi connectivity index (χ1) is 14.9. The molecule has 0 amide bonds. The zero-order chi connectivity index (χ0) is 21.8. The Labute approximate surface area is 190 Å². The summed E-state index contributed by atoms with van der Waals surface area (Å²) in [5.41, 5.74) is 0. The maximum atomic E-state index is 5.61. The van der Waals surface area contributed by atoms with Gasteiger partial charge in [0.15, 0.2) is 0 Å². The number of rotatable bonds is 27. The third kappa shape index (κ3) is 27.9. The lowest BCUT2D eigenvalue weighted by molar-refractivity contribution is 0.0453. The number of hydrogen-bond acceptors (Lipinski definition) is 3. The summed E-state index contributed by atoms with van der Waals surface area (Å²) in [4.78, 5) is 0. The van der Waals surface area contributed by atoms with Crippen LogP contribution < -0.4 is 5.32 Å². The second-order valence-corrected chi connectivity index (χ2v) is 8.99. The molecular weight excluding hydrogens is 370 g/mol. The molecule has 3 heteroatoms. The van der Waals surface area contributed by atoms with Gasteiger partial charge in [-0.3, -0.25) is 0 Å². The van der Waals surface area contributed by atoms with E-state index >= 15 is 0 Å². The van der Waals surface area contributed by atoms with Crippen LogP contribution in [0.5, 0.6) is 0 Å². The molecule has 30 heavy (non-hydrogen) atoms. The Morgan fingerprint density at radius 1 is 0.367 bits per heavy atom. The molecule has 0 radical (unpaired) electrons. The van der Waals surface area contributed by atoms with E-state index in [1.807, 2.05) is 0 Å². The van der Waals surface area contributed by atoms with E-state index in [1.54, 1.807) is 0 Å². The minimum atomic E-state index is 0.755. The first-order valence-electron chi connectivity index (χ1n) is 13.8. The fraction of sp³-hybridized carbons (Fsp3) is 1.00. The van der Waals surface area contributed by atoms with Crippen molar-refractivity contribution < 1.29 is 9.47 Å². The van der Waals surface area contributed by atoms with E-state index < -0.39 is 0 Å². The summed E-state index contributed by atoms with van der Waals surface area (Å²) in [6.45, 7) is 10.2. The van der Waals surface area contributed by atoms with Crippen molar-refractivity contribution in [1.82, 2.24) is 5.32 Å². The predicted molar refractivity (Wildman–Crippen MR) is 134 cm³/mol. The highest BCUT2D eigenvalue weighted by molar-refractivity contribution is 4.52. The van der Waals surface area contributed by atoms with Crippen molar-refractivity contribution >= 4 is 0 Å². The van der Waals surface area contributed by atoms with Crippen molar-refractivity contribution in [2.75, 3.05) is 39.5 Å². The van der Waals surface area contributed by atoms with Gasteiger partial charge in [0.05, 0.1) is 13.2 Å². The fourth-order valence-electron chi connectivity index (χ4n) is 3.77. The molecule has 0 aromatic rings. The van der Waals surface area contributed by atoms with Crippen LogP contribution in [-0.2, 0) is 9.47 Å². The molecule has 0 saturated carbocycles. The molecule has 0 aliphatic rings. The maximum Gasteiger partial charge on any atom is 0.0700 e. The van der Waals surface area contributed by atoms with Gasteiger partial charge in [0, 0.05) is 13.2 Å². The Bertz CT molecular complexity index is 258. The van der Waals surface area contributed by atoms with Crippen molar-refractivity contribution in [3.8, 4) is 0 Å². The Balaban J connectivity index is 2.97. The van der Waals surface area contributed by atoms with Gasteiger partial charge in [0.25, 0.3) is 0 Å². The Hall–Kier alpha value is -0.120.